The molecule has 0 aliphatic heterocycles. The van der Waals surface area contributed by atoms with Gasteiger partial charge in [-0.2, -0.15) is 0 Å². The summed E-state index contributed by atoms with van der Waals surface area (Å²) in [6.45, 7) is 9.30. The zero-order valence-electron chi connectivity index (χ0n) is 11.7. The Labute approximate surface area is 105 Å². The van der Waals surface area contributed by atoms with Gasteiger partial charge in [0.1, 0.15) is 5.82 Å². The lowest BCUT2D eigenvalue weighted by molar-refractivity contribution is 0.653. The predicted molar refractivity (Wildman–Crippen MR) is 74.4 cm³/mol. The van der Waals surface area contributed by atoms with Crippen molar-refractivity contribution in [2.75, 3.05) is 11.9 Å². The quantitative estimate of drug-likeness (QED) is 0.853. The van der Waals surface area contributed by atoms with E-state index in [1.807, 2.05) is 0 Å². The highest BCUT2D eigenvalue weighted by Gasteiger charge is 2.12. The van der Waals surface area contributed by atoms with E-state index in [1.165, 1.54) is 0 Å². The third kappa shape index (κ3) is 3.43. The predicted octanol–water partition coefficient (Wildman–Crippen LogP) is 2.90. The first-order chi connectivity index (χ1) is 7.99. The SMILES string of the molecule is CCC(C)N(C)c1cc(CN)cc(C(C)C)n1. The van der Waals surface area contributed by atoms with Crippen molar-refractivity contribution in [1.82, 2.24) is 4.98 Å². The molecule has 0 aliphatic rings. The highest BCUT2D eigenvalue weighted by molar-refractivity contribution is 5.43. The summed E-state index contributed by atoms with van der Waals surface area (Å²) in [4.78, 5) is 6.95. The molecule has 3 heteroatoms. The van der Waals surface area contributed by atoms with Gasteiger partial charge in [0.15, 0.2) is 0 Å². The van der Waals surface area contributed by atoms with E-state index in [-0.39, 0.29) is 0 Å². The molecule has 1 atom stereocenters. The lowest BCUT2D eigenvalue weighted by Crippen LogP contribution is -2.29. The molecule has 2 N–H and O–H groups in total. The van der Waals surface area contributed by atoms with E-state index in [2.05, 4.69) is 51.8 Å². The summed E-state index contributed by atoms with van der Waals surface area (Å²) < 4.78 is 0. The van der Waals surface area contributed by atoms with Crippen LogP contribution in [0.4, 0.5) is 5.82 Å². The molecule has 0 amide bonds. The molecule has 0 spiro atoms. The molecule has 1 rings (SSSR count). The molecule has 96 valence electrons. The Kier molecular flexibility index (Phi) is 4.94. The molecule has 3 nitrogen and oxygen atoms in total. The van der Waals surface area contributed by atoms with Crippen molar-refractivity contribution in [1.29, 1.82) is 0 Å². The number of nitrogens with two attached hydrogens (primary N) is 1. The summed E-state index contributed by atoms with van der Waals surface area (Å²) in [5.74, 6) is 1.47. The van der Waals surface area contributed by atoms with E-state index in [0.29, 0.717) is 18.5 Å². The summed E-state index contributed by atoms with van der Waals surface area (Å²) in [6, 6.07) is 4.70. The number of aromatic nitrogens is 1. The lowest BCUT2D eigenvalue weighted by Gasteiger charge is -2.26. The third-order valence-corrected chi connectivity index (χ3v) is 3.33. The van der Waals surface area contributed by atoms with Gasteiger partial charge in [-0.1, -0.05) is 20.8 Å². The monoisotopic (exact) mass is 235 g/mol. The standard InChI is InChI=1S/C14H25N3/c1-6-11(4)17(5)14-8-12(9-15)7-13(16-14)10(2)3/h7-8,10-11H,6,9,15H2,1-5H3. The normalized spacial score (nSPS) is 12.9. The fourth-order valence-electron chi connectivity index (χ4n) is 1.69. The van der Waals surface area contributed by atoms with Gasteiger partial charge < -0.3 is 10.6 Å². The minimum Gasteiger partial charge on any atom is -0.357 e. The van der Waals surface area contributed by atoms with Crippen molar-refractivity contribution >= 4 is 5.82 Å². The third-order valence-electron chi connectivity index (χ3n) is 3.33. The first kappa shape index (κ1) is 14.0. The van der Waals surface area contributed by atoms with Crippen molar-refractivity contribution < 1.29 is 0 Å². The molecule has 0 saturated heterocycles. The Hall–Kier alpha value is -1.09. The molecule has 1 aromatic heterocycles. The maximum atomic E-state index is 5.75. The molecule has 0 radical (unpaired) electrons. The lowest BCUT2D eigenvalue weighted by atomic mass is 10.1. The highest BCUT2D eigenvalue weighted by Crippen LogP contribution is 2.21. The molecule has 0 aromatic carbocycles. The Morgan fingerprint density at radius 1 is 1.29 bits per heavy atom. The van der Waals surface area contributed by atoms with Crippen LogP contribution in [0.15, 0.2) is 12.1 Å². The van der Waals surface area contributed by atoms with Crippen LogP contribution in [0.5, 0.6) is 0 Å². The Balaban J connectivity index is 3.10. The van der Waals surface area contributed by atoms with Gasteiger partial charge in [0.25, 0.3) is 0 Å². The van der Waals surface area contributed by atoms with Crippen LogP contribution in [0.1, 0.15) is 51.3 Å². The van der Waals surface area contributed by atoms with Crippen LogP contribution in [0.3, 0.4) is 0 Å². The molecule has 0 saturated carbocycles. The number of rotatable bonds is 5. The smallest absolute Gasteiger partial charge is 0.129 e. The second-order valence-electron chi connectivity index (χ2n) is 4.99. The highest BCUT2D eigenvalue weighted by atomic mass is 15.2. The van der Waals surface area contributed by atoms with Crippen molar-refractivity contribution in [3.05, 3.63) is 23.4 Å². The van der Waals surface area contributed by atoms with Crippen LogP contribution in [-0.4, -0.2) is 18.1 Å². The zero-order valence-corrected chi connectivity index (χ0v) is 11.7. The van der Waals surface area contributed by atoms with Crippen molar-refractivity contribution in [3.8, 4) is 0 Å². The van der Waals surface area contributed by atoms with Crippen LogP contribution in [-0.2, 0) is 6.54 Å². The average molecular weight is 235 g/mol. The van der Waals surface area contributed by atoms with Crippen molar-refractivity contribution in [2.45, 2.75) is 52.6 Å². The van der Waals surface area contributed by atoms with Gasteiger partial charge in [-0.25, -0.2) is 4.98 Å². The van der Waals surface area contributed by atoms with Gasteiger partial charge in [-0.3, -0.25) is 0 Å². The van der Waals surface area contributed by atoms with Gasteiger partial charge >= 0.3 is 0 Å². The van der Waals surface area contributed by atoms with E-state index in [9.17, 15) is 0 Å². The largest absolute Gasteiger partial charge is 0.357 e. The zero-order chi connectivity index (χ0) is 13.0. The Morgan fingerprint density at radius 2 is 1.94 bits per heavy atom. The number of anilines is 1. The van der Waals surface area contributed by atoms with E-state index in [0.717, 1.165) is 23.5 Å². The summed E-state index contributed by atoms with van der Waals surface area (Å²) in [7, 11) is 2.10. The number of pyridine rings is 1. The van der Waals surface area contributed by atoms with E-state index in [4.69, 9.17) is 10.7 Å². The van der Waals surface area contributed by atoms with E-state index in [1.54, 1.807) is 0 Å². The molecule has 1 unspecified atom stereocenters. The summed E-state index contributed by atoms with van der Waals surface area (Å²) in [6.07, 6.45) is 1.11. The van der Waals surface area contributed by atoms with Crippen LogP contribution in [0, 0.1) is 0 Å². The molecule has 1 aromatic rings. The average Bonchev–Trinajstić information content (AvgIpc) is 2.36. The van der Waals surface area contributed by atoms with Gasteiger partial charge in [0.05, 0.1) is 0 Å². The first-order valence-electron chi connectivity index (χ1n) is 6.43. The summed E-state index contributed by atoms with van der Waals surface area (Å²) in [5, 5.41) is 0. The number of nitrogens with zero attached hydrogens (tertiary/aromatic N) is 2. The van der Waals surface area contributed by atoms with Crippen LogP contribution >= 0.6 is 0 Å². The molecular formula is C14H25N3. The van der Waals surface area contributed by atoms with Crippen molar-refractivity contribution in [3.63, 3.8) is 0 Å². The second-order valence-corrected chi connectivity index (χ2v) is 4.99. The Morgan fingerprint density at radius 3 is 2.41 bits per heavy atom. The van der Waals surface area contributed by atoms with Gasteiger partial charge in [0, 0.05) is 25.3 Å². The molecule has 1 heterocycles. The van der Waals surface area contributed by atoms with Crippen LogP contribution < -0.4 is 10.6 Å². The molecule has 0 fully saturated rings. The molecular weight excluding hydrogens is 210 g/mol. The van der Waals surface area contributed by atoms with Gasteiger partial charge in [-0.05, 0) is 37.0 Å². The maximum Gasteiger partial charge on any atom is 0.129 e. The maximum absolute atomic E-state index is 5.75. The van der Waals surface area contributed by atoms with Crippen molar-refractivity contribution in [2.24, 2.45) is 5.73 Å². The van der Waals surface area contributed by atoms with E-state index >= 15 is 0 Å². The van der Waals surface area contributed by atoms with Gasteiger partial charge in [-0.15, -0.1) is 0 Å². The number of hydrogen-bond donors (Lipinski definition) is 1. The first-order valence-corrected chi connectivity index (χ1v) is 6.43. The minimum absolute atomic E-state index is 0.436. The Bertz CT molecular complexity index is 360. The fourth-order valence-corrected chi connectivity index (χ4v) is 1.69. The summed E-state index contributed by atoms with van der Waals surface area (Å²) >= 11 is 0. The molecule has 0 aliphatic carbocycles. The summed E-state index contributed by atoms with van der Waals surface area (Å²) in [5.41, 5.74) is 8.03. The van der Waals surface area contributed by atoms with Crippen LogP contribution in [0.25, 0.3) is 0 Å². The fraction of sp³-hybridized carbons (Fsp3) is 0.643. The topological polar surface area (TPSA) is 42.1 Å². The molecule has 0 bridgehead atoms. The minimum atomic E-state index is 0.436. The second kappa shape index (κ2) is 6.01. The number of hydrogen-bond acceptors (Lipinski definition) is 3. The van der Waals surface area contributed by atoms with Crippen LogP contribution in [0.2, 0.25) is 0 Å². The van der Waals surface area contributed by atoms with E-state index < -0.39 is 0 Å². The molecule has 17 heavy (non-hydrogen) atoms. The van der Waals surface area contributed by atoms with Gasteiger partial charge in [0.2, 0.25) is 0 Å².